The van der Waals surface area contributed by atoms with Crippen molar-refractivity contribution in [2.45, 2.75) is 29.9 Å². The maximum Gasteiger partial charge on any atom is 0.185 e. The molecule has 152 valence electrons. The van der Waals surface area contributed by atoms with Gasteiger partial charge >= 0.3 is 0 Å². The summed E-state index contributed by atoms with van der Waals surface area (Å²) in [6, 6.07) is 12.9. The molecule has 1 aromatic heterocycles. The van der Waals surface area contributed by atoms with Crippen LogP contribution in [0.25, 0.3) is 11.3 Å². The van der Waals surface area contributed by atoms with Crippen molar-refractivity contribution < 1.29 is 8.42 Å². The highest BCUT2D eigenvalue weighted by Gasteiger charge is 2.33. The molecule has 1 aliphatic rings. The van der Waals surface area contributed by atoms with Crippen LogP contribution < -0.4 is 4.90 Å². The summed E-state index contributed by atoms with van der Waals surface area (Å²) >= 11 is 13.8. The van der Waals surface area contributed by atoms with E-state index in [0.29, 0.717) is 25.9 Å². The zero-order valence-corrected chi connectivity index (χ0v) is 19.0. The van der Waals surface area contributed by atoms with Gasteiger partial charge in [0.2, 0.25) is 0 Å². The molecule has 2 heterocycles. The second kappa shape index (κ2) is 8.26. The highest BCUT2D eigenvalue weighted by molar-refractivity contribution is 7.92. The van der Waals surface area contributed by atoms with Gasteiger partial charge in [-0.05, 0) is 37.5 Å². The van der Waals surface area contributed by atoms with Crippen molar-refractivity contribution in [3.05, 3.63) is 63.5 Å². The van der Waals surface area contributed by atoms with E-state index >= 15 is 0 Å². The number of hydrogen-bond donors (Lipinski definition) is 0. The predicted octanol–water partition coefficient (Wildman–Crippen LogP) is 5.87. The number of rotatable bonds is 4. The summed E-state index contributed by atoms with van der Waals surface area (Å²) < 4.78 is 26.1. The van der Waals surface area contributed by atoms with E-state index in [1.54, 1.807) is 23.5 Å². The molecule has 0 bridgehead atoms. The molecule has 1 aliphatic heterocycles. The Kier molecular flexibility index (Phi) is 5.89. The molecule has 0 saturated carbocycles. The zero-order chi connectivity index (χ0) is 20.6. The first-order chi connectivity index (χ1) is 13.9. The van der Waals surface area contributed by atoms with E-state index in [1.807, 2.05) is 12.1 Å². The van der Waals surface area contributed by atoms with Crippen molar-refractivity contribution in [2.24, 2.45) is 0 Å². The number of hydrogen-bond acceptors (Lipinski definition) is 5. The van der Waals surface area contributed by atoms with E-state index in [9.17, 15) is 8.42 Å². The van der Waals surface area contributed by atoms with Crippen LogP contribution in [0, 0.1) is 6.92 Å². The molecule has 1 saturated heterocycles. The van der Waals surface area contributed by atoms with Gasteiger partial charge in [-0.15, -0.1) is 11.3 Å². The Bertz CT molecular complexity index is 1140. The van der Waals surface area contributed by atoms with E-state index in [4.69, 9.17) is 28.2 Å². The second-order valence-corrected chi connectivity index (χ2v) is 10.9. The van der Waals surface area contributed by atoms with Crippen LogP contribution in [0.4, 0.5) is 5.13 Å². The van der Waals surface area contributed by atoms with E-state index in [2.05, 4.69) is 29.3 Å². The number of aryl methyl sites for hydroxylation is 1. The number of sulfone groups is 1. The highest BCUT2D eigenvalue weighted by atomic mass is 35.5. The number of nitrogens with zero attached hydrogens (tertiary/aromatic N) is 2. The SMILES string of the molecule is Cc1ccccc1-c1csc(N2CCC(S(=O)(=O)c3cccc(Cl)c3Cl)CC2)n1. The van der Waals surface area contributed by atoms with E-state index < -0.39 is 15.1 Å². The lowest BCUT2D eigenvalue weighted by Crippen LogP contribution is -2.39. The van der Waals surface area contributed by atoms with E-state index in [-0.39, 0.29) is 14.9 Å². The largest absolute Gasteiger partial charge is 0.348 e. The lowest BCUT2D eigenvalue weighted by Gasteiger charge is -2.31. The maximum absolute atomic E-state index is 13.1. The smallest absolute Gasteiger partial charge is 0.185 e. The molecule has 4 nitrogen and oxygen atoms in total. The molecular weight excluding hydrogens is 447 g/mol. The molecule has 0 amide bonds. The monoisotopic (exact) mass is 466 g/mol. The summed E-state index contributed by atoms with van der Waals surface area (Å²) in [4.78, 5) is 7.08. The van der Waals surface area contributed by atoms with Crippen LogP contribution in [0.5, 0.6) is 0 Å². The van der Waals surface area contributed by atoms with Gasteiger partial charge in [-0.1, -0.05) is 53.5 Å². The molecule has 0 unspecified atom stereocenters. The normalized spacial score (nSPS) is 15.6. The molecule has 0 N–H and O–H groups in total. The average molecular weight is 467 g/mol. The molecule has 0 aliphatic carbocycles. The van der Waals surface area contributed by atoms with Crippen LogP contribution >= 0.6 is 34.5 Å². The summed E-state index contributed by atoms with van der Waals surface area (Å²) in [5.41, 5.74) is 3.28. The second-order valence-electron chi connectivity index (χ2n) is 7.11. The highest BCUT2D eigenvalue weighted by Crippen LogP contribution is 2.35. The number of benzene rings is 2. The van der Waals surface area contributed by atoms with Gasteiger partial charge in [0.05, 0.1) is 25.9 Å². The molecular formula is C21H20Cl2N2O2S2. The Balaban J connectivity index is 1.49. The number of piperidine rings is 1. The van der Waals surface area contributed by atoms with Crippen molar-refractivity contribution in [1.29, 1.82) is 0 Å². The van der Waals surface area contributed by atoms with Gasteiger partial charge in [-0.3, -0.25) is 0 Å². The predicted molar refractivity (Wildman–Crippen MR) is 121 cm³/mol. The number of thiazole rings is 1. The topological polar surface area (TPSA) is 50.3 Å². The molecule has 29 heavy (non-hydrogen) atoms. The van der Waals surface area contributed by atoms with Gasteiger partial charge in [-0.25, -0.2) is 13.4 Å². The van der Waals surface area contributed by atoms with Gasteiger partial charge in [-0.2, -0.15) is 0 Å². The Morgan fingerprint density at radius 2 is 1.79 bits per heavy atom. The quantitative estimate of drug-likeness (QED) is 0.482. The molecule has 2 aromatic carbocycles. The van der Waals surface area contributed by atoms with Gasteiger partial charge in [0.1, 0.15) is 0 Å². The number of aromatic nitrogens is 1. The Morgan fingerprint density at radius 1 is 1.07 bits per heavy atom. The summed E-state index contributed by atoms with van der Waals surface area (Å²) in [5.74, 6) is 0. The van der Waals surface area contributed by atoms with Crippen LogP contribution in [0.15, 0.2) is 52.7 Å². The Morgan fingerprint density at radius 3 is 2.52 bits per heavy atom. The summed E-state index contributed by atoms with van der Waals surface area (Å²) in [5, 5.41) is 2.90. The third-order valence-electron chi connectivity index (χ3n) is 5.29. The fraction of sp³-hybridized carbons (Fsp3) is 0.286. The van der Waals surface area contributed by atoms with Crippen molar-refractivity contribution in [2.75, 3.05) is 18.0 Å². The Hall–Kier alpha value is -1.60. The maximum atomic E-state index is 13.1. The van der Waals surface area contributed by atoms with Gasteiger partial charge in [0.25, 0.3) is 0 Å². The first-order valence-corrected chi connectivity index (χ1v) is 12.5. The Labute approximate surface area is 185 Å². The minimum Gasteiger partial charge on any atom is -0.348 e. The number of anilines is 1. The van der Waals surface area contributed by atoms with Crippen LogP contribution in [0.3, 0.4) is 0 Å². The minimum absolute atomic E-state index is 0.111. The molecule has 0 radical (unpaired) electrons. The number of halogens is 2. The first-order valence-electron chi connectivity index (χ1n) is 9.32. The molecule has 3 aromatic rings. The molecule has 1 fully saturated rings. The lowest BCUT2D eigenvalue weighted by molar-refractivity contribution is 0.529. The molecule has 0 atom stereocenters. The first kappa shape index (κ1) is 20.7. The van der Waals surface area contributed by atoms with Crippen LogP contribution in [-0.4, -0.2) is 31.7 Å². The summed E-state index contributed by atoms with van der Waals surface area (Å²) in [7, 11) is -3.52. The van der Waals surface area contributed by atoms with Crippen molar-refractivity contribution in [3.8, 4) is 11.3 Å². The fourth-order valence-corrected chi connectivity index (χ4v) is 7.01. The van der Waals surface area contributed by atoms with Crippen molar-refractivity contribution in [3.63, 3.8) is 0 Å². The fourth-order valence-electron chi connectivity index (χ4n) is 3.63. The lowest BCUT2D eigenvalue weighted by atomic mass is 10.1. The molecule has 8 heteroatoms. The van der Waals surface area contributed by atoms with Crippen LogP contribution in [0.1, 0.15) is 18.4 Å². The van der Waals surface area contributed by atoms with Gasteiger partial charge in [0.15, 0.2) is 15.0 Å². The average Bonchev–Trinajstić information content (AvgIpc) is 3.20. The van der Waals surface area contributed by atoms with E-state index in [1.165, 1.54) is 11.6 Å². The van der Waals surface area contributed by atoms with Crippen LogP contribution in [0.2, 0.25) is 10.0 Å². The molecule has 4 rings (SSSR count). The molecule has 0 spiro atoms. The zero-order valence-electron chi connectivity index (χ0n) is 15.8. The van der Waals surface area contributed by atoms with Crippen molar-refractivity contribution >= 4 is 49.5 Å². The van der Waals surface area contributed by atoms with E-state index in [0.717, 1.165) is 16.4 Å². The summed E-state index contributed by atoms with van der Waals surface area (Å²) in [6.45, 7) is 3.36. The minimum atomic E-state index is -3.52. The van der Waals surface area contributed by atoms with Gasteiger partial charge in [0, 0.05) is 24.0 Å². The third-order valence-corrected chi connectivity index (χ3v) is 9.42. The van der Waals surface area contributed by atoms with Gasteiger partial charge < -0.3 is 4.90 Å². The third kappa shape index (κ3) is 4.04. The van der Waals surface area contributed by atoms with Crippen molar-refractivity contribution in [1.82, 2.24) is 4.98 Å². The summed E-state index contributed by atoms with van der Waals surface area (Å²) in [6.07, 6.45) is 1.06. The standard InChI is InChI=1S/C21H20Cl2N2O2S2/c1-14-5-2-3-6-16(14)18-13-28-21(24-18)25-11-9-15(10-12-25)29(26,27)19-8-4-7-17(22)20(19)23/h2-8,13,15H,9-12H2,1H3. The van der Waals surface area contributed by atoms with Crippen LogP contribution in [-0.2, 0) is 9.84 Å².